The molecular formula is C22H25N3O4S. The summed E-state index contributed by atoms with van der Waals surface area (Å²) in [6.07, 6.45) is 3.32. The molecule has 0 bridgehead atoms. The quantitative estimate of drug-likeness (QED) is 0.596. The third kappa shape index (κ3) is 3.85. The van der Waals surface area contributed by atoms with E-state index in [-0.39, 0.29) is 9.79 Å². The molecule has 3 aromatic rings. The molecule has 0 radical (unpaired) electrons. The van der Waals surface area contributed by atoms with E-state index in [0.29, 0.717) is 17.3 Å². The van der Waals surface area contributed by atoms with Gasteiger partial charge in [0, 0.05) is 32.0 Å². The Bertz CT molecular complexity index is 1180. The lowest BCUT2D eigenvalue weighted by atomic mass is 10.00. The van der Waals surface area contributed by atoms with Gasteiger partial charge in [-0.05, 0) is 55.5 Å². The highest BCUT2D eigenvalue weighted by Crippen LogP contribution is 2.29. The first kappa shape index (κ1) is 20.6. The fraction of sp³-hybridized carbons (Fsp3) is 0.364. The van der Waals surface area contributed by atoms with Gasteiger partial charge in [-0.1, -0.05) is 6.58 Å². The fourth-order valence-corrected chi connectivity index (χ4v) is 4.98. The number of pyridine rings is 1. The van der Waals surface area contributed by atoms with Crippen molar-refractivity contribution in [1.29, 1.82) is 0 Å². The number of hydrogen-bond acceptors (Lipinski definition) is 6. The Kier molecular flexibility index (Phi) is 5.62. The zero-order valence-corrected chi connectivity index (χ0v) is 18.0. The number of aromatic nitrogens is 3. The summed E-state index contributed by atoms with van der Waals surface area (Å²) in [6.45, 7) is 8.35. The summed E-state index contributed by atoms with van der Waals surface area (Å²) in [7, 11) is -2.23. The fourth-order valence-electron chi connectivity index (χ4n) is 3.76. The van der Waals surface area contributed by atoms with Crippen LogP contribution in [0, 0.1) is 5.92 Å². The molecule has 2 aromatic heterocycles. The molecule has 1 saturated heterocycles. The summed E-state index contributed by atoms with van der Waals surface area (Å²) in [5.74, 6) is 1.66. The number of methoxy groups -OCH3 is 1. The zero-order valence-electron chi connectivity index (χ0n) is 17.2. The van der Waals surface area contributed by atoms with Gasteiger partial charge < -0.3 is 14.0 Å². The maximum atomic E-state index is 13.1. The number of imidazole rings is 1. The largest absolute Gasteiger partial charge is 0.481 e. The molecule has 0 amide bonds. The van der Waals surface area contributed by atoms with Crippen LogP contribution in [0.4, 0.5) is 0 Å². The first-order chi connectivity index (χ1) is 14.4. The second-order valence-electron chi connectivity index (χ2n) is 7.57. The molecule has 0 atom stereocenters. The Hall–Kier alpha value is -2.71. The van der Waals surface area contributed by atoms with E-state index in [1.165, 1.54) is 25.4 Å². The van der Waals surface area contributed by atoms with E-state index in [1.807, 2.05) is 13.0 Å². The Labute approximate surface area is 176 Å². The molecule has 3 heterocycles. The highest BCUT2D eigenvalue weighted by molar-refractivity contribution is 7.91. The van der Waals surface area contributed by atoms with Crippen molar-refractivity contribution in [3.63, 3.8) is 0 Å². The minimum Gasteiger partial charge on any atom is -0.481 e. The average Bonchev–Trinajstić information content (AvgIpc) is 3.12. The van der Waals surface area contributed by atoms with E-state index in [4.69, 9.17) is 14.5 Å². The van der Waals surface area contributed by atoms with Crippen LogP contribution in [0.25, 0.3) is 16.6 Å². The number of allylic oxidation sites excluding steroid dienone is 1. The number of rotatable bonds is 6. The maximum absolute atomic E-state index is 13.1. The Balaban J connectivity index is 1.74. The Morgan fingerprint density at radius 2 is 1.97 bits per heavy atom. The average molecular weight is 428 g/mol. The molecule has 158 valence electrons. The molecule has 0 N–H and O–H groups in total. The van der Waals surface area contributed by atoms with Crippen LogP contribution in [0.2, 0.25) is 0 Å². The van der Waals surface area contributed by atoms with E-state index >= 15 is 0 Å². The minimum absolute atomic E-state index is 0.115. The number of benzene rings is 1. The highest BCUT2D eigenvalue weighted by atomic mass is 32.2. The molecule has 1 aliphatic heterocycles. The lowest BCUT2D eigenvalue weighted by Crippen LogP contribution is -2.21. The summed E-state index contributed by atoms with van der Waals surface area (Å²) < 4.78 is 38.8. The van der Waals surface area contributed by atoms with Crippen molar-refractivity contribution in [1.82, 2.24) is 14.5 Å². The Morgan fingerprint density at radius 1 is 1.23 bits per heavy atom. The van der Waals surface area contributed by atoms with Gasteiger partial charge in [-0.25, -0.2) is 18.4 Å². The van der Waals surface area contributed by atoms with Crippen molar-refractivity contribution in [3.05, 3.63) is 48.9 Å². The van der Waals surface area contributed by atoms with E-state index in [1.54, 1.807) is 12.1 Å². The first-order valence-corrected chi connectivity index (χ1v) is 11.4. The predicted molar refractivity (Wildman–Crippen MR) is 114 cm³/mol. The highest BCUT2D eigenvalue weighted by Gasteiger charge is 2.22. The SMILES string of the molecule is C=C(C)c1nc2cc(S(=O)(=O)c3ccc(OC)nc3)ccc2n1CC1CCOCC1. The Morgan fingerprint density at radius 3 is 2.60 bits per heavy atom. The third-order valence-corrected chi connectivity index (χ3v) is 7.16. The molecule has 7 nitrogen and oxygen atoms in total. The summed E-state index contributed by atoms with van der Waals surface area (Å²) >= 11 is 0. The van der Waals surface area contributed by atoms with Crippen LogP contribution < -0.4 is 4.74 Å². The summed E-state index contributed by atoms with van der Waals surface area (Å²) in [6, 6.07) is 8.12. The maximum Gasteiger partial charge on any atom is 0.212 e. The third-order valence-electron chi connectivity index (χ3n) is 5.42. The van der Waals surface area contributed by atoms with Gasteiger partial charge in [0.25, 0.3) is 0 Å². The molecule has 0 saturated carbocycles. The van der Waals surface area contributed by atoms with E-state index in [9.17, 15) is 8.42 Å². The molecule has 1 aliphatic rings. The molecular weight excluding hydrogens is 402 g/mol. The van der Waals surface area contributed by atoms with Crippen LogP contribution in [0.1, 0.15) is 25.6 Å². The van der Waals surface area contributed by atoms with Gasteiger partial charge in [0.05, 0.1) is 27.9 Å². The van der Waals surface area contributed by atoms with E-state index < -0.39 is 9.84 Å². The van der Waals surface area contributed by atoms with Crippen LogP contribution in [0.3, 0.4) is 0 Å². The number of sulfone groups is 1. The van der Waals surface area contributed by atoms with Gasteiger partial charge in [0.2, 0.25) is 15.7 Å². The van der Waals surface area contributed by atoms with Gasteiger partial charge in [-0.3, -0.25) is 0 Å². The van der Waals surface area contributed by atoms with E-state index in [2.05, 4.69) is 16.1 Å². The predicted octanol–water partition coefficient (Wildman–Crippen LogP) is 3.73. The summed E-state index contributed by atoms with van der Waals surface area (Å²) in [5, 5.41) is 0. The van der Waals surface area contributed by atoms with Crippen molar-refractivity contribution < 1.29 is 17.9 Å². The van der Waals surface area contributed by atoms with Crippen molar-refractivity contribution in [2.45, 2.75) is 36.1 Å². The van der Waals surface area contributed by atoms with Gasteiger partial charge in [-0.2, -0.15) is 0 Å². The van der Waals surface area contributed by atoms with Crippen molar-refractivity contribution in [2.24, 2.45) is 5.92 Å². The van der Waals surface area contributed by atoms with Crippen molar-refractivity contribution >= 4 is 26.4 Å². The number of nitrogens with zero attached hydrogens (tertiary/aromatic N) is 3. The van der Waals surface area contributed by atoms with E-state index in [0.717, 1.165) is 49.5 Å². The van der Waals surface area contributed by atoms with Gasteiger partial charge in [0.1, 0.15) is 5.82 Å². The minimum atomic E-state index is -3.71. The lowest BCUT2D eigenvalue weighted by molar-refractivity contribution is 0.0615. The number of hydrogen-bond donors (Lipinski definition) is 0. The molecule has 0 aliphatic carbocycles. The van der Waals surface area contributed by atoms with Crippen molar-refractivity contribution in [2.75, 3.05) is 20.3 Å². The first-order valence-electron chi connectivity index (χ1n) is 9.89. The van der Waals surface area contributed by atoms with Crippen LogP contribution >= 0.6 is 0 Å². The van der Waals surface area contributed by atoms with Crippen LogP contribution in [-0.2, 0) is 21.1 Å². The molecule has 1 aromatic carbocycles. The number of fused-ring (bicyclic) bond motifs is 1. The number of ether oxygens (including phenoxy) is 2. The van der Waals surface area contributed by atoms with Crippen LogP contribution in [0.15, 0.2) is 52.9 Å². The second-order valence-corrected chi connectivity index (χ2v) is 9.52. The van der Waals surface area contributed by atoms with Gasteiger partial charge >= 0.3 is 0 Å². The molecule has 0 spiro atoms. The monoisotopic (exact) mass is 427 g/mol. The van der Waals surface area contributed by atoms with Gasteiger partial charge in [-0.15, -0.1) is 0 Å². The molecule has 30 heavy (non-hydrogen) atoms. The van der Waals surface area contributed by atoms with Gasteiger partial charge in [0.15, 0.2) is 0 Å². The molecule has 8 heteroatoms. The normalized spacial score (nSPS) is 15.4. The smallest absolute Gasteiger partial charge is 0.212 e. The van der Waals surface area contributed by atoms with Crippen LogP contribution in [0.5, 0.6) is 5.88 Å². The zero-order chi connectivity index (χ0) is 21.3. The molecule has 0 unspecified atom stereocenters. The van der Waals surface area contributed by atoms with Crippen LogP contribution in [-0.4, -0.2) is 43.3 Å². The molecule has 1 fully saturated rings. The summed E-state index contributed by atoms with van der Waals surface area (Å²) in [4.78, 5) is 9.02. The topological polar surface area (TPSA) is 83.3 Å². The second kappa shape index (κ2) is 8.20. The summed E-state index contributed by atoms with van der Waals surface area (Å²) in [5.41, 5.74) is 2.40. The molecule has 4 rings (SSSR count). The standard InChI is InChI=1S/C22H25N3O4S/c1-15(2)22-24-19-12-17(30(26,27)18-5-7-21(28-3)23-13-18)4-6-20(19)25(22)14-16-8-10-29-11-9-16/h4-7,12-13,16H,1,8-11,14H2,2-3H3. The van der Waals surface area contributed by atoms with Crippen molar-refractivity contribution in [3.8, 4) is 5.88 Å². The lowest BCUT2D eigenvalue weighted by Gasteiger charge is -2.23.